The minimum absolute atomic E-state index is 0.150. The van der Waals surface area contributed by atoms with E-state index in [1.54, 1.807) is 14.1 Å². The molecule has 34 heavy (non-hydrogen) atoms. The molecule has 3 N–H and O–H groups in total. The molecular weight excluding hydrogens is 472 g/mol. The van der Waals surface area contributed by atoms with Crippen LogP contribution in [0.2, 0.25) is 0 Å². The number of nitrogens with one attached hydrogen (secondary N) is 3. The molecule has 0 saturated heterocycles. The van der Waals surface area contributed by atoms with Gasteiger partial charge in [-0.3, -0.25) is 9.59 Å². The standard InChI is InChI=1S/C24H34N4O4S2/c1-6-7-13-27(5)34(31,32)18-10-8-17(9-11-18)22(29)26-24-21(23(30)25-4)19-12-14-28(16(2)3)15-20(19)33-24/h8-11,16H,6-7,12-15H2,1-5H3,(H,25,30)(H,26,29)/p+1. The monoisotopic (exact) mass is 507 g/mol. The van der Waals surface area contributed by atoms with Gasteiger partial charge in [0.1, 0.15) is 11.5 Å². The Bertz CT molecular complexity index is 1140. The summed E-state index contributed by atoms with van der Waals surface area (Å²) in [6.45, 7) is 8.59. The SMILES string of the molecule is CCCCN(C)S(=O)(=O)c1ccc(C(=O)Nc2sc3c(c2C(=O)NC)CC[NH+](C(C)C)C3)cc1. The lowest BCUT2D eigenvalue weighted by molar-refractivity contribution is -0.936. The van der Waals surface area contributed by atoms with Crippen LogP contribution in [-0.4, -0.2) is 57.8 Å². The number of carbonyl (C=O) groups excluding carboxylic acids is 2. The summed E-state index contributed by atoms with van der Waals surface area (Å²) in [5, 5.41) is 6.13. The first-order valence-electron chi connectivity index (χ1n) is 11.7. The van der Waals surface area contributed by atoms with Crippen molar-refractivity contribution in [2.24, 2.45) is 0 Å². The zero-order valence-corrected chi connectivity index (χ0v) is 22.2. The van der Waals surface area contributed by atoms with E-state index >= 15 is 0 Å². The minimum Gasteiger partial charge on any atom is -0.355 e. The zero-order chi connectivity index (χ0) is 25.0. The van der Waals surface area contributed by atoms with Gasteiger partial charge in [-0.1, -0.05) is 13.3 Å². The molecule has 2 aromatic rings. The van der Waals surface area contributed by atoms with E-state index in [9.17, 15) is 18.0 Å². The van der Waals surface area contributed by atoms with Crippen molar-refractivity contribution in [3.8, 4) is 0 Å². The van der Waals surface area contributed by atoms with Crippen LogP contribution in [0.5, 0.6) is 0 Å². The molecule has 2 amide bonds. The normalized spacial score (nSPS) is 15.9. The Morgan fingerprint density at radius 2 is 1.85 bits per heavy atom. The number of sulfonamides is 1. The van der Waals surface area contributed by atoms with Crippen molar-refractivity contribution < 1.29 is 22.9 Å². The summed E-state index contributed by atoms with van der Waals surface area (Å²) in [5.41, 5.74) is 1.88. The molecule has 1 aliphatic rings. The number of rotatable bonds is 9. The highest BCUT2D eigenvalue weighted by molar-refractivity contribution is 7.89. The van der Waals surface area contributed by atoms with Gasteiger partial charge >= 0.3 is 0 Å². The average molecular weight is 508 g/mol. The summed E-state index contributed by atoms with van der Waals surface area (Å²) < 4.78 is 26.8. The molecule has 0 fully saturated rings. The van der Waals surface area contributed by atoms with E-state index in [2.05, 4.69) is 24.5 Å². The van der Waals surface area contributed by atoms with Crippen molar-refractivity contribution in [3.63, 3.8) is 0 Å². The Balaban J connectivity index is 1.82. The molecule has 0 spiro atoms. The molecule has 1 aromatic heterocycles. The fraction of sp³-hybridized carbons (Fsp3) is 0.500. The van der Waals surface area contributed by atoms with E-state index in [0.717, 1.165) is 42.8 Å². The number of unbranched alkanes of at least 4 members (excludes halogenated alkanes) is 1. The predicted molar refractivity (Wildman–Crippen MR) is 135 cm³/mol. The number of anilines is 1. The lowest BCUT2D eigenvalue weighted by Crippen LogP contribution is -3.14. The summed E-state index contributed by atoms with van der Waals surface area (Å²) in [6, 6.07) is 6.40. The van der Waals surface area contributed by atoms with E-state index in [4.69, 9.17) is 0 Å². The maximum atomic E-state index is 13.0. The predicted octanol–water partition coefficient (Wildman–Crippen LogP) is 2.13. The third-order valence-corrected chi connectivity index (χ3v) is 9.34. The number of thiophene rings is 1. The molecule has 0 saturated carbocycles. The van der Waals surface area contributed by atoms with E-state index in [0.29, 0.717) is 28.7 Å². The van der Waals surface area contributed by atoms with Crippen LogP contribution in [0, 0.1) is 0 Å². The van der Waals surface area contributed by atoms with Gasteiger partial charge in [0.25, 0.3) is 11.8 Å². The number of hydrogen-bond acceptors (Lipinski definition) is 5. The van der Waals surface area contributed by atoms with Crippen molar-refractivity contribution in [1.29, 1.82) is 0 Å². The number of benzene rings is 1. The number of fused-ring (bicyclic) bond motifs is 1. The lowest BCUT2D eigenvalue weighted by Gasteiger charge is -2.27. The van der Waals surface area contributed by atoms with Gasteiger partial charge in [0.15, 0.2) is 0 Å². The number of amides is 2. The van der Waals surface area contributed by atoms with Gasteiger partial charge in [-0.2, -0.15) is 0 Å². The van der Waals surface area contributed by atoms with Crippen LogP contribution in [0.15, 0.2) is 29.2 Å². The van der Waals surface area contributed by atoms with Crippen LogP contribution in [0.1, 0.15) is 64.8 Å². The van der Waals surface area contributed by atoms with Crippen LogP contribution in [0.4, 0.5) is 5.00 Å². The largest absolute Gasteiger partial charge is 0.355 e. The second kappa shape index (κ2) is 11.0. The van der Waals surface area contributed by atoms with E-state index < -0.39 is 10.0 Å². The Morgan fingerprint density at radius 1 is 1.18 bits per heavy atom. The van der Waals surface area contributed by atoms with Gasteiger partial charge in [-0.15, -0.1) is 11.3 Å². The van der Waals surface area contributed by atoms with E-state index in [1.807, 2.05) is 6.92 Å². The van der Waals surface area contributed by atoms with Crippen molar-refractivity contribution >= 4 is 38.2 Å². The number of nitrogens with zero attached hydrogens (tertiary/aromatic N) is 1. The average Bonchev–Trinajstić information content (AvgIpc) is 3.18. The van der Waals surface area contributed by atoms with Crippen LogP contribution in [0.3, 0.4) is 0 Å². The maximum Gasteiger partial charge on any atom is 0.256 e. The molecule has 3 rings (SSSR count). The number of hydrogen-bond donors (Lipinski definition) is 3. The minimum atomic E-state index is -3.60. The highest BCUT2D eigenvalue weighted by Crippen LogP contribution is 2.35. The maximum absolute atomic E-state index is 13.0. The van der Waals surface area contributed by atoms with E-state index in [-0.39, 0.29) is 16.7 Å². The third-order valence-electron chi connectivity index (χ3n) is 6.32. The Labute approximate surface area is 206 Å². The molecule has 1 aromatic carbocycles. The van der Waals surface area contributed by atoms with Gasteiger partial charge in [-0.05, 0) is 50.1 Å². The summed E-state index contributed by atoms with van der Waals surface area (Å²) in [4.78, 5) is 28.4. The molecule has 2 heterocycles. The van der Waals surface area contributed by atoms with Crippen LogP contribution < -0.4 is 15.5 Å². The molecule has 1 aliphatic heterocycles. The number of quaternary nitrogens is 1. The summed E-state index contributed by atoms with van der Waals surface area (Å²) in [6.07, 6.45) is 2.47. The van der Waals surface area contributed by atoms with E-state index in [1.165, 1.54) is 44.8 Å². The molecule has 0 aliphatic carbocycles. The van der Waals surface area contributed by atoms with Crippen molar-refractivity contribution in [1.82, 2.24) is 9.62 Å². The molecule has 186 valence electrons. The quantitative estimate of drug-likeness (QED) is 0.484. The third kappa shape index (κ3) is 5.51. The van der Waals surface area contributed by atoms with Gasteiger partial charge < -0.3 is 15.5 Å². The molecule has 8 nitrogen and oxygen atoms in total. The fourth-order valence-corrected chi connectivity index (χ4v) is 6.58. The summed E-state index contributed by atoms with van der Waals surface area (Å²) in [7, 11) is -0.451. The van der Waals surface area contributed by atoms with Crippen LogP contribution in [0.25, 0.3) is 0 Å². The smallest absolute Gasteiger partial charge is 0.256 e. The van der Waals surface area contributed by atoms with Crippen molar-refractivity contribution in [3.05, 3.63) is 45.8 Å². The Kier molecular flexibility index (Phi) is 8.51. The van der Waals surface area contributed by atoms with Gasteiger partial charge in [-0.25, -0.2) is 12.7 Å². The van der Waals surface area contributed by atoms with Gasteiger partial charge in [0.05, 0.1) is 27.9 Å². The van der Waals surface area contributed by atoms with Gasteiger partial charge in [0, 0.05) is 32.6 Å². The molecule has 1 unspecified atom stereocenters. The first-order valence-corrected chi connectivity index (χ1v) is 13.9. The topological polar surface area (TPSA) is 100 Å². The van der Waals surface area contributed by atoms with Crippen LogP contribution in [-0.2, 0) is 23.0 Å². The Hall–Kier alpha value is -2.27. The van der Waals surface area contributed by atoms with Crippen LogP contribution >= 0.6 is 11.3 Å². The molecule has 0 bridgehead atoms. The summed E-state index contributed by atoms with van der Waals surface area (Å²) in [5.74, 6) is -0.586. The highest BCUT2D eigenvalue weighted by Gasteiger charge is 2.31. The lowest BCUT2D eigenvalue weighted by atomic mass is 10.0. The second-order valence-electron chi connectivity index (χ2n) is 8.94. The summed E-state index contributed by atoms with van der Waals surface area (Å²) >= 11 is 1.45. The fourth-order valence-electron chi connectivity index (χ4n) is 4.08. The van der Waals surface area contributed by atoms with Crippen molar-refractivity contribution in [2.45, 2.75) is 57.5 Å². The Morgan fingerprint density at radius 3 is 2.44 bits per heavy atom. The van der Waals surface area contributed by atoms with Gasteiger partial charge in [0.2, 0.25) is 10.0 Å². The molecule has 0 radical (unpaired) electrons. The number of carbonyl (C=O) groups is 2. The first-order chi connectivity index (χ1) is 16.1. The zero-order valence-electron chi connectivity index (χ0n) is 20.5. The molecular formula is C24H35N4O4S2+. The highest BCUT2D eigenvalue weighted by atomic mass is 32.2. The second-order valence-corrected chi connectivity index (χ2v) is 12.1. The first kappa shape index (κ1) is 26.3. The molecule has 1 atom stereocenters. The molecule has 10 heteroatoms. The van der Waals surface area contributed by atoms with Crippen molar-refractivity contribution in [2.75, 3.05) is 32.5 Å².